The fourth-order valence-electron chi connectivity index (χ4n) is 4.51. The SMILES string of the molecule is CC(C)(C(=O)COC(=O)N1CCC(N2CCc3ccccc3NC2=O)CC1)c1ccccc1. The van der Waals surface area contributed by atoms with Gasteiger partial charge >= 0.3 is 12.1 Å². The molecule has 2 aliphatic rings. The van der Waals surface area contributed by atoms with E-state index in [-0.39, 0.29) is 24.5 Å². The molecule has 2 aromatic rings. The number of rotatable bonds is 5. The van der Waals surface area contributed by atoms with Crippen LogP contribution in [0.1, 0.15) is 37.8 Å². The molecule has 1 saturated heterocycles. The largest absolute Gasteiger partial charge is 0.441 e. The summed E-state index contributed by atoms with van der Waals surface area (Å²) in [5.41, 5.74) is 2.17. The maximum Gasteiger partial charge on any atom is 0.410 e. The maximum atomic E-state index is 12.8. The number of benzene rings is 2. The molecule has 0 spiro atoms. The number of fused-ring (bicyclic) bond motifs is 1. The van der Waals surface area contributed by atoms with Crippen LogP contribution in [0.2, 0.25) is 0 Å². The Morgan fingerprint density at radius 2 is 1.67 bits per heavy atom. The highest BCUT2D eigenvalue weighted by Crippen LogP contribution is 2.26. The summed E-state index contributed by atoms with van der Waals surface area (Å²) in [6, 6.07) is 17.4. The minimum Gasteiger partial charge on any atom is -0.441 e. The second-order valence-electron chi connectivity index (χ2n) is 9.22. The number of hydrogen-bond acceptors (Lipinski definition) is 4. The van der Waals surface area contributed by atoms with Crippen molar-refractivity contribution in [2.24, 2.45) is 0 Å². The average molecular weight is 450 g/mol. The molecular formula is C26H31N3O4. The van der Waals surface area contributed by atoms with E-state index in [2.05, 4.69) is 5.32 Å². The molecule has 1 fully saturated rings. The Morgan fingerprint density at radius 1 is 1.00 bits per heavy atom. The van der Waals surface area contributed by atoms with Crippen molar-refractivity contribution in [2.45, 2.75) is 44.6 Å². The van der Waals surface area contributed by atoms with Gasteiger partial charge in [-0.25, -0.2) is 9.59 Å². The zero-order chi connectivity index (χ0) is 23.4. The van der Waals surface area contributed by atoms with Crippen LogP contribution in [0.4, 0.5) is 15.3 Å². The monoisotopic (exact) mass is 449 g/mol. The summed E-state index contributed by atoms with van der Waals surface area (Å²) in [4.78, 5) is 41.6. The summed E-state index contributed by atoms with van der Waals surface area (Å²) in [5, 5.41) is 3.01. The van der Waals surface area contributed by atoms with Gasteiger partial charge in [-0.05, 0) is 50.3 Å². The van der Waals surface area contributed by atoms with Gasteiger partial charge in [-0.3, -0.25) is 4.79 Å². The molecule has 2 aromatic carbocycles. The summed E-state index contributed by atoms with van der Waals surface area (Å²) < 4.78 is 5.36. The predicted octanol–water partition coefficient (Wildman–Crippen LogP) is 4.22. The number of nitrogens with zero attached hydrogens (tertiary/aromatic N) is 2. The summed E-state index contributed by atoms with van der Waals surface area (Å²) in [6.45, 7) is 5.07. The normalized spacial score (nSPS) is 17.1. The number of para-hydroxylation sites is 1. The minimum atomic E-state index is -0.730. The van der Waals surface area contributed by atoms with Gasteiger partial charge in [0.1, 0.15) is 0 Å². The Bertz CT molecular complexity index is 1010. The van der Waals surface area contributed by atoms with Gasteiger partial charge in [-0.1, -0.05) is 48.5 Å². The fraction of sp³-hybridized carbons (Fsp3) is 0.423. The zero-order valence-corrected chi connectivity index (χ0v) is 19.3. The Labute approximate surface area is 194 Å². The standard InChI is InChI=1S/C26H31N3O4/c1-26(2,20-9-4-3-5-10-20)23(30)18-33-25(32)28-15-13-21(14-16-28)29-17-12-19-8-6-7-11-22(19)27-24(29)31/h3-11,21H,12-18H2,1-2H3,(H,27,31). The number of urea groups is 1. The summed E-state index contributed by atoms with van der Waals surface area (Å²) in [7, 11) is 0. The molecule has 4 rings (SSSR count). The molecule has 7 heteroatoms. The third kappa shape index (κ3) is 5.02. The van der Waals surface area contributed by atoms with E-state index in [0.29, 0.717) is 32.5 Å². The van der Waals surface area contributed by atoms with Gasteiger partial charge in [0.05, 0.1) is 5.41 Å². The first-order valence-electron chi connectivity index (χ1n) is 11.5. The second kappa shape index (κ2) is 9.65. The predicted molar refractivity (Wildman–Crippen MR) is 126 cm³/mol. The Morgan fingerprint density at radius 3 is 2.39 bits per heavy atom. The van der Waals surface area contributed by atoms with Crippen LogP contribution in [-0.4, -0.2) is 60.0 Å². The molecule has 0 unspecified atom stereocenters. The van der Waals surface area contributed by atoms with Gasteiger partial charge in [0, 0.05) is 31.4 Å². The molecule has 33 heavy (non-hydrogen) atoms. The third-order valence-corrected chi connectivity index (χ3v) is 6.82. The van der Waals surface area contributed by atoms with E-state index >= 15 is 0 Å². The van der Waals surface area contributed by atoms with Crippen molar-refractivity contribution < 1.29 is 19.1 Å². The molecule has 0 aliphatic carbocycles. The van der Waals surface area contributed by atoms with Crippen LogP contribution in [0.15, 0.2) is 54.6 Å². The number of likely N-dealkylation sites (tertiary alicyclic amines) is 1. The van der Waals surface area contributed by atoms with E-state index in [1.807, 2.05) is 73.3 Å². The number of ketones is 1. The number of hydrogen-bond donors (Lipinski definition) is 1. The smallest absolute Gasteiger partial charge is 0.410 e. The van der Waals surface area contributed by atoms with Gasteiger partial charge < -0.3 is 19.9 Å². The van der Waals surface area contributed by atoms with Crippen LogP contribution in [-0.2, 0) is 21.4 Å². The number of anilines is 1. The van der Waals surface area contributed by atoms with Crippen molar-refractivity contribution in [3.63, 3.8) is 0 Å². The number of carbonyl (C=O) groups excluding carboxylic acids is 3. The van der Waals surface area contributed by atoms with Gasteiger partial charge in [0.25, 0.3) is 0 Å². The third-order valence-electron chi connectivity index (χ3n) is 6.82. The molecular weight excluding hydrogens is 418 g/mol. The van der Waals surface area contributed by atoms with Crippen LogP contribution in [0.3, 0.4) is 0 Å². The Balaban J connectivity index is 1.27. The molecule has 2 aliphatic heterocycles. The van der Waals surface area contributed by atoms with Crippen molar-refractivity contribution >= 4 is 23.6 Å². The highest BCUT2D eigenvalue weighted by atomic mass is 16.6. The van der Waals surface area contributed by atoms with E-state index < -0.39 is 11.5 Å². The maximum absolute atomic E-state index is 12.8. The molecule has 7 nitrogen and oxygen atoms in total. The number of amides is 3. The number of carbonyl (C=O) groups is 3. The first-order chi connectivity index (χ1) is 15.9. The molecule has 0 radical (unpaired) electrons. The molecule has 0 saturated carbocycles. The molecule has 174 valence electrons. The lowest BCUT2D eigenvalue weighted by atomic mass is 9.81. The second-order valence-corrected chi connectivity index (χ2v) is 9.22. The lowest BCUT2D eigenvalue weighted by Gasteiger charge is -2.37. The van der Waals surface area contributed by atoms with Crippen molar-refractivity contribution in [2.75, 3.05) is 31.6 Å². The van der Waals surface area contributed by atoms with Crippen LogP contribution < -0.4 is 5.32 Å². The molecule has 0 aromatic heterocycles. The topological polar surface area (TPSA) is 79.0 Å². The van der Waals surface area contributed by atoms with Crippen LogP contribution in [0.25, 0.3) is 0 Å². The lowest BCUT2D eigenvalue weighted by molar-refractivity contribution is -0.126. The minimum absolute atomic E-state index is 0.0713. The summed E-state index contributed by atoms with van der Waals surface area (Å²) in [5.74, 6) is -0.141. The van der Waals surface area contributed by atoms with Crippen molar-refractivity contribution in [3.8, 4) is 0 Å². The number of nitrogens with one attached hydrogen (secondary N) is 1. The Kier molecular flexibility index (Phi) is 6.67. The van der Waals surface area contributed by atoms with E-state index in [9.17, 15) is 14.4 Å². The van der Waals surface area contributed by atoms with Crippen molar-refractivity contribution in [1.29, 1.82) is 0 Å². The molecule has 0 atom stereocenters. The van der Waals surface area contributed by atoms with E-state index in [1.165, 1.54) is 0 Å². The number of ether oxygens (including phenoxy) is 1. The molecule has 2 heterocycles. The summed E-state index contributed by atoms with van der Waals surface area (Å²) in [6.07, 6.45) is 1.69. The highest BCUT2D eigenvalue weighted by molar-refractivity contribution is 5.92. The van der Waals surface area contributed by atoms with E-state index in [4.69, 9.17) is 4.74 Å². The number of Topliss-reactive ketones (excluding diaryl/α,β-unsaturated/α-hetero) is 1. The number of piperidine rings is 1. The summed E-state index contributed by atoms with van der Waals surface area (Å²) >= 11 is 0. The van der Waals surface area contributed by atoms with E-state index in [0.717, 1.165) is 23.2 Å². The molecule has 0 bridgehead atoms. The first kappa shape index (κ1) is 22.8. The quantitative estimate of drug-likeness (QED) is 0.741. The van der Waals surface area contributed by atoms with Crippen LogP contribution in [0.5, 0.6) is 0 Å². The van der Waals surface area contributed by atoms with Crippen molar-refractivity contribution in [3.05, 3.63) is 65.7 Å². The molecule has 3 amide bonds. The zero-order valence-electron chi connectivity index (χ0n) is 19.3. The lowest BCUT2D eigenvalue weighted by Crippen LogP contribution is -2.50. The Hall–Kier alpha value is -3.35. The fourth-order valence-corrected chi connectivity index (χ4v) is 4.51. The van der Waals surface area contributed by atoms with Gasteiger partial charge in [0.15, 0.2) is 12.4 Å². The molecule has 1 N–H and O–H groups in total. The highest BCUT2D eigenvalue weighted by Gasteiger charge is 2.33. The van der Waals surface area contributed by atoms with Crippen LogP contribution in [0, 0.1) is 0 Å². The van der Waals surface area contributed by atoms with E-state index in [1.54, 1.807) is 4.90 Å². The first-order valence-corrected chi connectivity index (χ1v) is 11.5. The van der Waals surface area contributed by atoms with Gasteiger partial charge in [0.2, 0.25) is 0 Å². The van der Waals surface area contributed by atoms with Gasteiger partial charge in [-0.15, -0.1) is 0 Å². The average Bonchev–Trinajstić information content (AvgIpc) is 3.01. The van der Waals surface area contributed by atoms with Gasteiger partial charge in [-0.2, -0.15) is 0 Å². The van der Waals surface area contributed by atoms with Crippen LogP contribution >= 0.6 is 0 Å². The van der Waals surface area contributed by atoms with Crippen molar-refractivity contribution in [1.82, 2.24) is 9.80 Å².